The molecule has 3 atom stereocenters. The number of β-lactam (4-membered cyclic amide) rings is 1. The van der Waals surface area contributed by atoms with E-state index in [1.807, 2.05) is 13.8 Å². The molecule has 2 unspecified atom stereocenters. The first-order valence-electron chi connectivity index (χ1n) is 5.10. The maximum absolute atomic E-state index is 11.7. The summed E-state index contributed by atoms with van der Waals surface area (Å²) in [5.74, 6) is -0.187. The van der Waals surface area contributed by atoms with Crippen molar-refractivity contribution in [3.05, 3.63) is 0 Å². The van der Waals surface area contributed by atoms with Gasteiger partial charge in [-0.15, -0.1) is 0 Å². The summed E-state index contributed by atoms with van der Waals surface area (Å²) in [7, 11) is 0. The van der Waals surface area contributed by atoms with Crippen molar-refractivity contribution >= 4 is 5.91 Å². The number of aliphatic hydroxyl groups is 1. The lowest BCUT2D eigenvalue weighted by atomic mass is 9.79. The van der Waals surface area contributed by atoms with Crippen LogP contribution in [0.15, 0.2) is 0 Å². The van der Waals surface area contributed by atoms with E-state index in [0.29, 0.717) is 6.61 Å². The Kier molecular flexibility index (Phi) is 2.08. The third-order valence-electron chi connectivity index (χ3n) is 3.24. The van der Waals surface area contributed by atoms with Gasteiger partial charge >= 0.3 is 0 Å². The van der Waals surface area contributed by atoms with E-state index in [4.69, 9.17) is 4.74 Å². The van der Waals surface area contributed by atoms with Crippen LogP contribution in [0.5, 0.6) is 0 Å². The molecule has 1 N–H and O–H groups in total. The maximum Gasteiger partial charge on any atom is 0.232 e. The highest BCUT2D eigenvalue weighted by molar-refractivity contribution is 5.87. The number of hydrogen-bond acceptors (Lipinski definition) is 3. The van der Waals surface area contributed by atoms with Crippen LogP contribution in [0.2, 0.25) is 0 Å². The van der Waals surface area contributed by atoms with Gasteiger partial charge in [0, 0.05) is 0 Å². The summed E-state index contributed by atoms with van der Waals surface area (Å²) in [5, 5.41) is 9.46. The van der Waals surface area contributed by atoms with Gasteiger partial charge < -0.3 is 14.7 Å². The van der Waals surface area contributed by atoms with Crippen LogP contribution in [0.4, 0.5) is 0 Å². The fourth-order valence-electron chi connectivity index (χ4n) is 2.57. The van der Waals surface area contributed by atoms with E-state index in [0.717, 1.165) is 6.42 Å². The monoisotopic (exact) mass is 199 g/mol. The fourth-order valence-corrected chi connectivity index (χ4v) is 2.57. The van der Waals surface area contributed by atoms with Crippen LogP contribution in [0, 0.1) is 5.92 Å². The zero-order chi connectivity index (χ0) is 10.5. The number of rotatable bonds is 1. The molecule has 0 aromatic carbocycles. The summed E-state index contributed by atoms with van der Waals surface area (Å²) < 4.78 is 5.52. The smallest absolute Gasteiger partial charge is 0.232 e. The third-order valence-corrected chi connectivity index (χ3v) is 3.24. The molecule has 0 bridgehead atoms. The molecular formula is C10H17NO3. The second-order valence-electron chi connectivity index (χ2n) is 4.63. The molecule has 2 aliphatic rings. The Labute approximate surface area is 83.8 Å². The Bertz CT molecular complexity index is 262. The summed E-state index contributed by atoms with van der Waals surface area (Å²) in [6, 6.07) is 0.172. The predicted octanol–water partition coefficient (Wildman–Crippen LogP) is 0.351. The normalized spacial score (nSPS) is 37.4. The highest BCUT2D eigenvalue weighted by atomic mass is 16.5. The highest BCUT2D eigenvalue weighted by Gasteiger charge is 2.56. The largest absolute Gasteiger partial charge is 0.393 e. The molecular weight excluding hydrogens is 182 g/mol. The molecule has 2 saturated heterocycles. The number of ether oxygens (including phenoxy) is 1. The molecule has 2 aliphatic heterocycles. The van der Waals surface area contributed by atoms with Crippen LogP contribution in [0.25, 0.3) is 0 Å². The lowest BCUT2D eigenvalue weighted by molar-refractivity contribution is -0.240. The molecule has 0 aromatic heterocycles. The van der Waals surface area contributed by atoms with Crippen molar-refractivity contribution in [3.63, 3.8) is 0 Å². The van der Waals surface area contributed by atoms with Crippen molar-refractivity contribution in [2.45, 2.75) is 45.1 Å². The van der Waals surface area contributed by atoms with Crippen LogP contribution in [-0.4, -0.2) is 40.4 Å². The summed E-state index contributed by atoms with van der Waals surface area (Å²) in [5.41, 5.74) is -0.495. The lowest BCUT2D eigenvalue weighted by Crippen LogP contribution is -2.73. The van der Waals surface area contributed by atoms with E-state index >= 15 is 0 Å². The van der Waals surface area contributed by atoms with Crippen LogP contribution in [0.3, 0.4) is 0 Å². The number of amides is 1. The van der Waals surface area contributed by atoms with E-state index in [9.17, 15) is 9.90 Å². The number of hydrogen-bond donors (Lipinski definition) is 1. The van der Waals surface area contributed by atoms with Crippen molar-refractivity contribution in [1.29, 1.82) is 0 Å². The molecule has 0 spiro atoms. The van der Waals surface area contributed by atoms with E-state index < -0.39 is 11.8 Å². The number of nitrogens with zero attached hydrogens (tertiary/aromatic N) is 1. The molecule has 80 valence electrons. The molecule has 0 saturated carbocycles. The second kappa shape index (κ2) is 2.94. The molecule has 4 heteroatoms. The zero-order valence-corrected chi connectivity index (χ0v) is 8.86. The van der Waals surface area contributed by atoms with Gasteiger partial charge in [-0.25, -0.2) is 0 Å². The fraction of sp³-hybridized carbons (Fsp3) is 0.900. The SMILES string of the molecule is CC(O)[C@@H]1C(=O)N2C1CCOC2(C)C. The van der Waals surface area contributed by atoms with Crippen LogP contribution in [-0.2, 0) is 9.53 Å². The van der Waals surface area contributed by atoms with Crippen molar-refractivity contribution in [2.24, 2.45) is 5.92 Å². The average Bonchev–Trinajstić information content (AvgIpc) is 1.99. The minimum absolute atomic E-state index is 0.0229. The Morgan fingerprint density at radius 2 is 2.29 bits per heavy atom. The topological polar surface area (TPSA) is 49.8 Å². The van der Waals surface area contributed by atoms with Gasteiger partial charge in [0.25, 0.3) is 0 Å². The van der Waals surface area contributed by atoms with Gasteiger partial charge in [0.1, 0.15) is 5.72 Å². The summed E-state index contributed by atoms with van der Waals surface area (Å²) in [6.07, 6.45) is 0.294. The summed E-state index contributed by atoms with van der Waals surface area (Å²) >= 11 is 0. The van der Waals surface area contributed by atoms with Gasteiger partial charge in [0.05, 0.1) is 24.7 Å². The molecule has 4 nitrogen and oxygen atoms in total. The second-order valence-corrected chi connectivity index (χ2v) is 4.63. The number of carbonyl (C=O) groups excluding carboxylic acids is 1. The lowest BCUT2D eigenvalue weighted by Gasteiger charge is -2.58. The number of carbonyl (C=O) groups is 1. The van der Waals surface area contributed by atoms with Gasteiger partial charge in [-0.05, 0) is 27.2 Å². The number of aliphatic hydroxyl groups excluding tert-OH is 1. The molecule has 2 rings (SSSR count). The van der Waals surface area contributed by atoms with Crippen molar-refractivity contribution in [2.75, 3.05) is 6.61 Å². The molecule has 14 heavy (non-hydrogen) atoms. The predicted molar refractivity (Wildman–Crippen MR) is 50.5 cm³/mol. The minimum atomic E-state index is -0.544. The molecule has 0 aromatic rings. The van der Waals surface area contributed by atoms with E-state index in [2.05, 4.69) is 0 Å². The van der Waals surface area contributed by atoms with Gasteiger partial charge in [-0.2, -0.15) is 0 Å². The maximum atomic E-state index is 11.7. The first-order valence-corrected chi connectivity index (χ1v) is 5.10. The molecule has 1 amide bonds. The Hall–Kier alpha value is -0.610. The van der Waals surface area contributed by atoms with Crippen LogP contribution < -0.4 is 0 Å². The van der Waals surface area contributed by atoms with E-state index in [1.54, 1.807) is 11.8 Å². The van der Waals surface area contributed by atoms with Gasteiger partial charge in [0.2, 0.25) is 5.91 Å². The van der Waals surface area contributed by atoms with Crippen LogP contribution in [0.1, 0.15) is 27.2 Å². The Morgan fingerprint density at radius 1 is 1.64 bits per heavy atom. The van der Waals surface area contributed by atoms with Crippen LogP contribution >= 0.6 is 0 Å². The Morgan fingerprint density at radius 3 is 2.86 bits per heavy atom. The van der Waals surface area contributed by atoms with Crippen molar-refractivity contribution < 1.29 is 14.6 Å². The van der Waals surface area contributed by atoms with Gasteiger partial charge in [0.15, 0.2) is 0 Å². The minimum Gasteiger partial charge on any atom is -0.393 e. The number of fused-ring (bicyclic) bond motifs is 1. The van der Waals surface area contributed by atoms with Crippen molar-refractivity contribution in [1.82, 2.24) is 4.90 Å². The quantitative estimate of drug-likeness (QED) is 0.620. The van der Waals surface area contributed by atoms with Crippen molar-refractivity contribution in [3.8, 4) is 0 Å². The van der Waals surface area contributed by atoms with E-state index in [1.165, 1.54) is 0 Å². The highest BCUT2D eigenvalue weighted by Crippen LogP contribution is 2.41. The first kappa shape index (κ1) is 9.93. The third kappa shape index (κ3) is 1.17. The van der Waals surface area contributed by atoms with Gasteiger partial charge in [-0.1, -0.05) is 0 Å². The zero-order valence-electron chi connectivity index (χ0n) is 8.86. The molecule has 0 aliphatic carbocycles. The van der Waals surface area contributed by atoms with E-state index in [-0.39, 0.29) is 17.9 Å². The average molecular weight is 199 g/mol. The summed E-state index contributed by atoms with van der Waals surface area (Å²) in [4.78, 5) is 13.5. The Balaban J connectivity index is 2.17. The van der Waals surface area contributed by atoms with Gasteiger partial charge in [-0.3, -0.25) is 4.79 Å². The molecule has 2 fully saturated rings. The molecule has 0 radical (unpaired) electrons. The molecule has 2 heterocycles. The first-order chi connectivity index (χ1) is 6.45. The summed E-state index contributed by atoms with van der Waals surface area (Å²) in [6.45, 7) is 6.15. The standard InChI is InChI=1S/C10H17NO3/c1-6(12)8-7-4-5-14-10(2,3)11(7)9(8)13/h6-8,12H,4-5H2,1-3H3/t6?,7?,8-/m0/s1.